The summed E-state index contributed by atoms with van der Waals surface area (Å²) in [7, 11) is 1.21. The van der Waals surface area contributed by atoms with Crippen LogP contribution in [0.2, 0.25) is 0 Å². The minimum absolute atomic E-state index is 0.0402. The summed E-state index contributed by atoms with van der Waals surface area (Å²) < 4.78 is 9.66. The molecule has 0 radical (unpaired) electrons. The number of carbonyl (C=O) groups excluding carboxylic acids is 2. The average molecular weight is 295 g/mol. The second kappa shape index (κ2) is 7.88. The average Bonchev–Trinajstić information content (AvgIpc) is 2.86. The van der Waals surface area contributed by atoms with Gasteiger partial charge >= 0.3 is 11.9 Å². The Morgan fingerprint density at radius 3 is 2.67 bits per heavy atom. The van der Waals surface area contributed by atoms with Gasteiger partial charge in [0.1, 0.15) is 17.6 Å². The Morgan fingerprint density at radius 1 is 1.43 bits per heavy atom. The van der Waals surface area contributed by atoms with E-state index in [9.17, 15) is 14.4 Å². The molecule has 0 saturated carbocycles. The van der Waals surface area contributed by atoms with Crippen LogP contribution in [0, 0.1) is 6.92 Å². The molecule has 0 spiro atoms. The lowest BCUT2D eigenvalue weighted by atomic mass is 10.1. The van der Waals surface area contributed by atoms with Crippen molar-refractivity contribution in [3.63, 3.8) is 0 Å². The lowest BCUT2D eigenvalue weighted by Crippen LogP contribution is -2.40. The summed E-state index contributed by atoms with van der Waals surface area (Å²) in [6.07, 6.45) is 2.48. The van der Waals surface area contributed by atoms with E-state index in [1.165, 1.54) is 19.3 Å². The number of ether oxygens (including phenoxy) is 1. The van der Waals surface area contributed by atoms with Crippen LogP contribution < -0.4 is 5.32 Å². The Hall–Kier alpha value is -2.57. The Kier molecular flexibility index (Phi) is 6.19. The zero-order valence-corrected chi connectivity index (χ0v) is 11.8. The summed E-state index contributed by atoms with van der Waals surface area (Å²) in [5, 5.41) is 11.3. The van der Waals surface area contributed by atoms with Crippen molar-refractivity contribution in [1.29, 1.82) is 0 Å². The minimum atomic E-state index is -1.21. The number of carboxylic acids is 1. The number of nitrogens with one attached hydrogen (secondary N) is 1. The van der Waals surface area contributed by atoms with Gasteiger partial charge in [-0.3, -0.25) is 9.59 Å². The Labute approximate surface area is 121 Å². The van der Waals surface area contributed by atoms with E-state index in [4.69, 9.17) is 9.52 Å². The van der Waals surface area contributed by atoms with Crippen molar-refractivity contribution in [2.24, 2.45) is 0 Å². The predicted molar refractivity (Wildman–Crippen MR) is 73.3 cm³/mol. The highest BCUT2D eigenvalue weighted by Gasteiger charge is 2.20. The second-order valence-corrected chi connectivity index (χ2v) is 4.30. The van der Waals surface area contributed by atoms with Gasteiger partial charge in [-0.2, -0.15) is 0 Å². The van der Waals surface area contributed by atoms with Crippen LogP contribution in [0.5, 0.6) is 0 Å². The first kappa shape index (κ1) is 16.5. The van der Waals surface area contributed by atoms with Gasteiger partial charge in [-0.05, 0) is 31.6 Å². The molecule has 1 heterocycles. The molecule has 0 unspecified atom stereocenters. The van der Waals surface area contributed by atoms with Crippen molar-refractivity contribution in [2.45, 2.75) is 25.8 Å². The number of hydrogen-bond donors (Lipinski definition) is 2. The maximum absolute atomic E-state index is 11.6. The molecule has 1 rings (SSSR count). The largest absolute Gasteiger partial charge is 0.480 e. The third-order valence-corrected chi connectivity index (χ3v) is 2.64. The molecule has 1 atom stereocenters. The summed E-state index contributed by atoms with van der Waals surface area (Å²) in [6, 6.07) is 2.28. The van der Waals surface area contributed by atoms with Gasteiger partial charge in [0.15, 0.2) is 0 Å². The van der Waals surface area contributed by atoms with Crippen molar-refractivity contribution in [3.8, 4) is 0 Å². The Morgan fingerprint density at radius 2 is 2.14 bits per heavy atom. The lowest BCUT2D eigenvalue weighted by molar-refractivity contribution is -0.143. The van der Waals surface area contributed by atoms with E-state index >= 15 is 0 Å². The maximum atomic E-state index is 11.6. The number of rotatable bonds is 7. The summed E-state index contributed by atoms with van der Waals surface area (Å²) in [4.78, 5) is 33.6. The number of hydrogen-bond acceptors (Lipinski definition) is 5. The number of aryl methyl sites for hydroxylation is 1. The predicted octanol–water partition coefficient (Wildman–Crippen LogP) is 1.12. The van der Waals surface area contributed by atoms with Crippen molar-refractivity contribution in [2.75, 3.05) is 7.11 Å². The van der Waals surface area contributed by atoms with E-state index in [1.54, 1.807) is 19.1 Å². The fourth-order valence-corrected chi connectivity index (χ4v) is 1.54. The molecule has 7 nitrogen and oxygen atoms in total. The minimum Gasteiger partial charge on any atom is -0.480 e. The van der Waals surface area contributed by atoms with Crippen LogP contribution in [-0.2, 0) is 19.1 Å². The van der Waals surface area contributed by atoms with E-state index in [0.29, 0.717) is 11.5 Å². The molecule has 0 aliphatic rings. The van der Waals surface area contributed by atoms with Crippen molar-refractivity contribution < 1.29 is 28.6 Å². The van der Waals surface area contributed by atoms with Crippen LogP contribution in [0.4, 0.5) is 0 Å². The SMILES string of the molecule is COC(=O)CC[C@@H](NC(=O)/C=C/c1ccc(C)o1)C(=O)O. The number of esters is 1. The van der Waals surface area contributed by atoms with Crippen LogP contribution in [0.25, 0.3) is 6.08 Å². The van der Waals surface area contributed by atoms with E-state index in [-0.39, 0.29) is 12.8 Å². The fourth-order valence-electron chi connectivity index (χ4n) is 1.54. The molecule has 0 aromatic carbocycles. The summed E-state index contributed by atoms with van der Waals surface area (Å²) in [6.45, 7) is 1.77. The van der Waals surface area contributed by atoms with Crippen LogP contribution in [-0.4, -0.2) is 36.1 Å². The molecule has 2 N–H and O–H groups in total. The van der Waals surface area contributed by atoms with Gasteiger partial charge in [-0.1, -0.05) is 0 Å². The first-order valence-electron chi connectivity index (χ1n) is 6.27. The highest BCUT2D eigenvalue weighted by Crippen LogP contribution is 2.08. The summed E-state index contributed by atoms with van der Waals surface area (Å²) >= 11 is 0. The molecule has 1 amide bonds. The number of furan rings is 1. The molecular formula is C14H17NO6. The molecule has 7 heteroatoms. The number of amides is 1. The molecule has 0 fully saturated rings. The van der Waals surface area contributed by atoms with Gasteiger partial charge in [0.2, 0.25) is 5.91 Å². The highest BCUT2D eigenvalue weighted by molar-refractivity contribution is 5.94. The van der Waals surface area contributed by atoms with E-state index in [1.807, 2.05) is 0 Å². The molecule has 0 saturated heterocycles. The first-order valence-corrected chi connectivity index (χ1v) is 6.27. The standard InChI is InChI=1S/C14H17NO6/c1-9-3-4-10(21-9)5-7-12(16)15-11(14(18)19)6-8-13(17)20-2/h3-5,7,11H,6,8H2,1-2H3,(H,15,16)(H,18,19)/b7-5+/t11-/m1/s1. The lowest BCUT2D eigenvalue weighted by Gasteiger charge is -2.12. The van der Waals surface area contributed by atoms with Gasteiger partial charge < -0.3 is 19.6 Å². The highest BCUT2D eigenvalue weighted by atomic mass is 16.5. The summed E-state index contributed by atoms with van der Waals surface area (Å²) in [5.41, 5.74) is 0. The van der Waals surface area contributed by atoms with Crippen LogP contribution in [0.3, 0.4) is 0 Å². The first-order chi connectivity index (χ1) is 9.92. The quantitative estimate of drug-likeness (QED) is 0.577. The number of aliphatic carboxylic acids is 1. The van der Waals surface area contributed by atoms with E-state index in [0.717, 1.165) is 0 Å². The van der Waals surface area contributed by atoms with Crippen molar-refractivity contribution in [1.82, 2.24) is 5.32 Å². The van der Waals surface area contributed by atoms with Crippen LogP contribution >= 0.6 is 0 Å². The van der Waals surface area contributed by atoms with Crippen LogP contribution in [0.1, 0.15) is 24.4 Å². The topological polar surface area (TPSA) is 106 Å². The molecular weight excluding hydrogens is 278 g/mol. The normalized spacial score (nSPS) is 12.1. The molecule has 0 aliphatic heterocycles. The zero-order valence-electron chi connectivity index (χ0n) is 11.8. The molecule has 1 aromatic heterocycles. The Balaban J connectivity index is 2.54. The molecule has 114 valence electrons. The number of methoxy groups -OCH3 is 1. The van der Waals surface area contributed by atoms with E-state index < -0.39 is 23.9 Å². The van der Waals surface area contributed by atoms with Crippen molar-refractivity contribution >= 4 is 23.9 Å². The third-order valence-electron chi connectivity index (χ3n) is 2.64. The number of carbonyl (C=O) groups is 3. The Bertz CT molecular complexity index is 545. The molecule has 0 aliphatic carbocycles. The molecule has 21 heavy (non-hydrogen) atoms. The van der Waals surface area contributed by atoms with Gasteiger partial charge in [0, 0.05) is 12.5 Å². The van der Waals surface area contributed by atoms with Crippen molar-refractivity contribution in [3.05, 3.63) is 29.7 Å². The molecule has 0 bridgehead atoms. The third kappa shape index (κ3) is 5.94. The fraction of sp³-hybridized carbons (Fsp3) is 0.357. The van der Waals surface area contributed by atoms with Crippen LogP contribution in [0.15, 0.2) is 22.6 Å². The molecule has 1 aromatic rings. The van der Waals surface area contributed by atoms with Gasteiger partial charge in [-0.25, -0.2) is 4.79 Å². The number of carboxylic acid groups (broad SMARTS) is 1. The smallest absolute Gasteiger partial charge is 0.326 e. The van der Waals surface area contributed by atoms with Gasteiger partial charge in [0.05, 0.1) is 7.11 Å². The van der Waals surface area contributed by atoms with E-state index in [2.05, 4.69) is 10.1 Å². The zero-order chi connectivity index (χ0) is 15.8. The summed E-state index contributed by atoms with van der Waals surface area (Å²) in [5.74, 6) is -1.13. The van der Waals surface area contributed by atoms with Gasteiger partial charge in [-0.15, -0.1) is 0 Å². The maximum Gasteiger partial charge on any atom is 0.326 e. The second-order valence-electron chi connectivity index (χ2n) is 4.30. The monoisotopic (exact) mass is 295 g/mol. The van der Waals surface area contributed by atoms with Gasteiger partial charge in [0.25, 0.3) is 0 Å².